The summed E-state index contributed by atoms with van der Waals surface area (Å²) < 4.78 is 0.937. The molecule has 0 fully saturated rings. The second-order valence-corrected chi connectivity index (χ2v) is 5.84. The zero-order chi connectivity index (χ0) is 15.9. The molecule has 0 saturated heterocycles. The second kappa shape index (κ2) is 8.14. The molecule has 0 aromatic heterocycles. The number of nitrogens with one attached hydrogen (secondary N) is 2. The van der Waals surface area contributed by atoms with Gasteiger partial charge in [0.15, 0.2) is 0 Å². The van der Waals surface area contributed by atoms with Crippen molar-refractivity contribution in [1.29, 1.82) is 0 Å². The highest BCUT2D eigenvalue weighted by molar-refractivity contribution is 9.10. The molecule has 1 rings (SSSR count). The van der Waals surface area contributed by atoms with E-state index in [1.807, 2.05) is 26.0 Å². The monoisotopic (exact) mass is 355 g/mol. The standard InChI is InChI=1S/C15H22BrN3O2/c1-3-15(4-2,10-17)14(21)18-9-13(20)19-12-7-5-11(16)6-8-12/h5-8H,3-4,9-10,17H2,1-2H3,(H,18,21)(H,19,20). The number of hydrogen-bond donors (Lipinski definition) is 3. The lowest BCUT2D eigenvalue weighted by Crippen LogP contribution is -2.47. The number of nitrogens with two attached hydrogens (primary N) is 1. The first-order valence-corrected chi connectivity index (χ1v) is 7.80. The number of benzene rings is 1. The third kappa shape index (κ3) is 4.82. The predicted octanol–water partition coefficient (Wildman–Crippen LogP) is 2.27. The Labute approximate surface area is 133 Å². The van der Waals surface area contributed by atoms with Gasteiger partial charge in [-0.25, -0.2) is 0 Å². The SMILES string of the molecule is CCC(CC)(CN)C(=O)NCC(=O)Nc1ccc(Br)cc1. The van der Waals surface area contributed by atoms with Crippen LogP contribution in [0.25, 0.3) is 0 Å². The van der Waals surface area contributed by atoms with Crippen LogP contribution in [0.2, 0.25) is 0 Å². The second-order valence-electron chi connectivity index (χ2n) is 4.93. The van der Waals surface area contributed by atoms with E-state index in [0.29, 0.717) is 18.5 Å². The highest BCUT2D eigenvalue weighted by atomic mass is 79.9. The van der Waals surface area contributed by atoms with Crippen LogP contribution in [-0.4, -0.2) is 24.9 Å². The minimum Gasteiger partial charge on any atom is -0.347 e. The van der Waals surface area contributed by atoms with Crippen molar-refractivity contribution in [1.82, 2.24) is 5.32 Å². The summed E-state index contributed by atoms with van der Waals surface area (Å²) in [5.74, 6) is -0.426. The number of carbonyl (C=O) groups excluding carboxylic acids is 2. The number of hydrogen-bond acceptors (Lipinski definition) is 3. The highest BCUT2D eigenvalue weighted by Crippen LogP contribution is 2.24. The van der Waals surface area contributed by atoms with Crippen LogP contribution < -0.4 is 16.4 Å². The predicted molar refractivity (Wildman–Crippen MR) is 87.9 cm³/mol. The van der Waals surface area contributed by atoms with Crippen LogP contribution in [0, 0.1) is 5.41 Å². The lowest BCUT2D eigenvalue weighted by Gasteiger charge is -2.28. The van der Waals surface area contributed by atoms with E-state index in [-0.39, 0.29) is 24.9 Å². The number of halogens is 1. The van der Waals surface area contributed by atoms with Gasteiger partial charge in [-0.15, -0.1) is 0 Å². The fourth-order valence-electron chi connectivity index (χ4n) is 2.04. The van der Waals surface area contributed by atoms with E-state index in [1.165, 1.54) is 0 Å². The molecule has 116 valence electrons. The van der Waals surface area contributed by atoms with Gasteiger partial charge in [-0.1, -0.05) is 29.8 Å². The van der Waals surface area contributed by atoms with Crippen LogP contribution in [0.4, 0.5) is 5.69 Å². The normalized spacial score (nSPS) is 11.0. The molecule has 4 N–H and O–H groups in total. The Morgan fingerprint density at radius 1 is 1.19 bits per heavy atom. The van der Waals surface area contributed by atoms with Crippen LogP contribution in [-0.2, 0) is 9.59 Å². The molecule has 0 radical (unpaired) electrons. The van der Waals surface area contributed by atoms with E-state index in [1.54, 1.807) is 12.1 Å². The van der Waals surface area contributed by atoms with E-state index < -0.39 is 5.41 Å². The summed E-state index contributed by atoms with van der Waals surface area (Å²) in [4.78, 5) is 24.0. The maximum absolute atomic E-state index is 12.2. The van der Waals surface area contributed by atoms with Gasteiger partial charge in [0.1, 0.15) is 0 Å². The molecule has 0 saturated carbocycles. The molecular weight excluding hydrogens is 334 g/mol. The molecule has 0 heterocycles. The molecule has 2 amide bonds. The summed E-state index contributed by atoms with van der Waals surface area (Å²) in [5.41, 5.74) is 5.81. The average Bonchev–Trinajstić information content (AvgIpc) is 2.50. The first kappa shape index (κ1) is 17.7. The van der Waals surface area contributed by atoms with Crippen LogP contribution in [0.1, 0.15) is 26.7 Å². The van der Waals surface area contributed by atoms with Gasteiger partial charge in [0.2, 0.25) is 11.8 Å². The van der Waals surface area contributed by atoms with Crippen molar-refractivity contribution >= 4 is 33.4 Å². The molecule has 0 aliphatic carbocycles. The lowest BCUT2D eigenvalue weighted by molar-refractivity contribution is -0.132. The first-order chi connectivity index (χ1) is 9.97. The molecule has 5 nitrogen and oxygen atoms in total. The molecule has 0 atom stereocenters. The van der Waals surface area contributed by atoms with E-state index >= 15 is 0 Å². The zero-order valence-electron chi connectivity index (χ0n) is 12.4. The Balaban J connectivity index is 2.52. The Hall–Kier alpha value is -1.40. The van der Waals surface area contributed by atoms with Crippen molar-refractivity contribution < 1.29 is 9.59 Å². The number of carbonyl (C=O) groups is 2. The third-order valence-electron chi connectivity index (χ3n) is 3.76. The molecule has 0 aliphatic rings. The van der Waals surface area contributed by atoms with Crippen molar-refractivity contribution in [2.75, 3.05) is 18.4 Å². The van der Waals surface area contributed by atoms with Gasteiger partial charge in [-0.2, -0.15) is 0 Å². The largest absolute Gasteiger partial charge is 0.347 e. The summed E-state index contributed by atoms with van der Waals surface area (Å²) in [7, 11) is 0. The molecule has 0 unspecified atom stereocenters. The molecule has 0 aliphatic heterocycles. The summed E-state index contributed by atoms with van der Waals surface area (Å²) in [6.45, 7) is 4.08. The van der Waals surface area contributed by atoms with Crippen LogP contribution in [0.3, 0.4) is 0 Å². The Bertz CT molecular complexity index is 476. The molecule has 21 heavy (non-hydrogen) atoms. The van der Waals surface area contributed by atoms with Gasteiger partial charge in [0.25, 0.3) is 0 Å². The van der Waals surface area contributed by atoms with Gasteiger partial charge in [0, 0.05) is 16.7 Å². The van der Waals surface area contributed by atoms with Crippen molar-refractivity contribution in [3.63, 3.8) is 0 Å². The quantitative estimate of drug-likeness (QED) is 0.701. The van der Waals surface area contributed by atoms with Crippen LogP contribution >= 0.6 is 15.9 Å². The average molecular weight is 356 g/mol. The summed E-state index contributed by atoms with van der Waals surface area (Å²) in [6, 6.07) is 7.24. The molecular formula is C15H22BrN3O2. The van der Waals surface area contributed by atoms with E-state index in [4.69, 9.17) is 5.73 Å². The lowest BCUT2D eigenvalue weighted by atomic mass is 9.81. The van der Waals surface area contributed by atoms with Crippen molar-refractivity contribution in [3.05, 3.63) is 28.7 Å². The Morgan fingerprint density at radius 3 is 2.24 bits per heavy atom. The van der Waals surface area contributed by atoms with Gasteiger partial charge in [0.05, 0.1) is 12.0 Å². The van der Waals surface area contributed by atoms with Gasteiger partial charge < -0.3 is 16.4 Å². The Kier molecular flexibility index (Phi) is 6.84. The minimum absolute atomic E-state index is 0.0589. The maximum atomic E-state index is 12.2. The third-order valence-corrected chi connectivity index (χ3v) is 4.29. The van der Waals surface area contributed by atoms with Gasteiger partial charge >= 0.3 is 0 Å². The topological polar surface area (TPSA) is 84.2 Å². The molecule has 6 heteroatoms. The number of amides is 2. The maximum Gasteiger partial charge on any atom is 0.243 e. The minimum atomic E-state index is -0.585. The Morgan fingerprint density at radius 2 is 1.76 bits per heavy atom. The molecule has 1 aromatic carbocycles. The van der Waals surface area contributed by atoms with Crippen molar-refractivity contribution in [3.8, 4) is 0 Å². The van der Waals surface area contributed by atoms with Crippen molar-refractivity contribution in [2.45, 2.75) is 26.7 Å². The fourth-order valence-corrected chi connectivity index (χ4v) is 2.30. The smallest absolute Gasteiger partial charge is 0.243 e. The van der Waals surface area contributed by atoms with E-state index in [9.17, 15) is 9.59 Å². The molecule has 0 bridgehead atoms. The van der Waals surface area contributed by atoms with Crippen LogP contribution in [0.5, 0.6) is 0 Å². The fraction of sp³-hybridized carbons (Fsp3) is 0.467. The van der Waals surface area contributed by atoms with Crippen molar-refractivity contribution in [2.24, 2.45) is 11.1 Å². The number of anilines is 1. The number of rotatable bonds is 7. The highest BCUT2D eigenvalue weighted by Gasteiger charge is 2.33. The summed E-state index contributed by atoms with van der Waals surface area (Å²) >= 11 is 3.33. The van der Waals surface area contributed by atoms with E-state index in [2.05, 4.69) is 26.6 Å². The van der Waals surface area contributed by atoms with E-state index in [0.717, 1.165) is 4.47 Å². The zero-order valence-corrected chi connectivity index (χ0v) is 14.0. The molecule has 0 spiro atoms. The summed E-state index contributed by atoms with van der Waals surface area (Å²) in [5, 5.41) is 5.39. The van der Waals surface area contributed by atoms with Gasteiger partial charge in [-0.05, 0) is 37.1 Å². The first-order valence-electron chi connectivity index (χ1n) is 7.01. The van der Waals surface area contributed by atoms with Gasteiger partial charge in [-0.3, -0.25) is 9.59 Å². The molecule has 1 aromatic rings. The van der Waals surface area contributed by atoms with Crippen LogP contribution in [0.15, 0.2) is 28.7 Å². The summed E-state index contributed by atoms with van der Waals surface area (Å²) in [6.07, 6.45) is 1.31.